The first-order valence-electron chi connectivity index (χ1n) is 9.67. The predicted octanol–water partition coefficient (Wildman–Crippen LogP) is 3.47. The van der Waals surface area contributed by atoms with E-state index in [1.807, 2.05) is 33.2 Å². The van der Waals surface area contributed by atoms with Crippen LogP contribution in [0, 0.1) is 12.8 Å². The molecule has 1 aromatic carbocycles. The van der Waals surface area contributed by atoms with E-state index in [1.165, 1.54) is 18.4 Å². The number of amides is 1. The number of hydrogen-bond acceptors (Lipinski definition) is 4. The average molecular weight is 370 g/mol. The van der Waals surface area contributed by atoms with E-state index < -0.39 is 0 Å². The van der Waals surface area contributed by atoms with Crippen LogP contribution in [0.25, 0.3) is 0 Å². The number of aromatic hydroxyl groups is 1. The molecule has 2 aromatic rings. The molecule has 0 radical (unpaired) electrons. The second-order valence-corrected chi connectivity index (χ2v) is 7.94. The first kappa shape index (κ1) is 19.5. The van der Waals surface area contributed by atoms with Gasteiger partial charge in [-0.1, -0.05) is 6.07 Å². The fraction of sp³-hybridized carbons (Fsp3) is 0.500. The fourth-order valence-electron chi connectivity index (χ4n) is 3.65. The van der Waals surface area contributed by atoms with Gasteiger partial charge in [0.1, 0.15) is 5.75 Å². The lowest BCUT2D eigenvalue weighted by Crippen LogP contribution is -2.42. The van der Waals surface area contributed by atoms with Crippen LogP contribution in [0.15, 0.2) is 41.2 Å². The van der Waals surface area contributed by atoms with E-state index in [0.29, 0.717) is 18.9 Å². The quantitative estimate of drug-likeness (QED) is 0.709. The molecular weight excluding hydrogens is 340 g/mol. The monoisotopic (exact) mass is 370 g/mol. The first-order chi connectivity index (χ1) is 12.9. The predicted molar refractivity (Wildman–Crippen MR) is 106 cm³/mol. The van der Waals surface area contributed by atoms with Gasteiger partial charge < -0.3 is 19.7 Å². The number of phenolic OH excluding ortho intramolecular Hbond substituents is 1. The summed E-state index contributed by atoms with van der Waals surface area (Å²) < 4.78 is 5.21. The third kappa shape index (κ3) is 5.36. The van der Waals surface area contributed by atoms with Crippen molar-refractivity contribution in [2.75, 3.05) is 20.6 Å². The van der Waals surface area contributed by atoms with Crippen LogP contribution in [0.4, 0.5) is 0 Å². The zero-order chi connectivity index (χ0) is 19.4. The van der Waals surface area contributed by atoms with E-state index in [2.05, 4.69) is 10.2 Å². The molecule has 1 amide bonds. The van der Waals surface area contributed by atoms with Gasteiger partial charge in [0.15, 0.2) is 0 Å². The highest BCUT2D eigenvalue weighted by Gasteiger charge is 2.34. The number of likely N-dealkylation sites (N-methyl/N-ethyl adjacent to an activating group) is 1. The molecule has 2 atom stereocenters. The van der Waals surface area contributed by atoms with Crippen molar-refractivity contribution in [3.63, 3.8) is 0 Å². The number of carbonyl (C=O) groups is 1. The van der Waals surface area contributed by atoms with Gasteiger partial charge >= 0.3 is 0 Å². The van der Waals surface area contributed by atoms with Crippen molar-refractivity contribution in [2.24, 2.45) is 5.92 Å². The van der Waals surface area contributed by atoms with Crippen molar-refractivity contribution in [3.8, 4) is 5.75 Å². The van der Waals surface area contributed by atoms with Gasteiger partial charge in [-0.05, 0) is 87.0 Å². The van der Waals surface area contributed by atoms with Crippen LogP contribution in [0.1, 0.15) is 41.9 Å². The zero-order valence-electron chi connectivity index (χ0n) is 16.4. The summed E-state index contributed by atoms with van der Waals surface area (Å²) in [5.41, 5.74) is 3.40. The minimum atomic E-state index is 0.0994. The molecule has 0 saturated heterocycles. The minimum absolute atomic E-state index is 0.0994. The minimum Gasteiger partial charge on any atom is -0.508 e. The Hall–Kier alpha value is -2.27. The highest BCUT2D eigenvalue weighted by Crippen LogP contribution is 2.44. The third-order valence-electron chi connectivity index (χ3n) is 5.61. The van der Waals surface area contributed by atoms with Gasteiger partial charge in [0, 0.05) is 19.0 Å². The van der Waals surface area contributed by atoms with Crippen LogP contribution in [-0.4, -0.2) is 42.6 Å². The SMILES string of the molecule is Cc1cc(O)ccc1C[C@@H](CNC(=O)C[C@H](c1ccoc1)C1CC1)N(C)C. The van der Waals surface area contributed by atoms with Gasteiger partial charge in [0.2, 0.25) is 5.91 Å². The Labute approximate surface area is 161 Å². The molecule has 2 N–H and O–H groups in total. The first-order valence-corrected chi connectivity index (χ1v) is 9.67. The topological polar surface area (TPSA) is 65.7 Å². The van der Waals surface area contributed by atoms with Gasteiger partial charge in [0.25, 0.3) is 0 Å². The molecule has 3 rings (SSSR count). The van der Waals surface area contributed by atoms with Crippen LogP contribution in [0.5, 0.6) is 5.75 Å². The number of rotatable bonds is 9. The molecule has 1 heterocycles. The third-order valence-corrected chi connectivity index (χ3v) is 5.61. The van der Waals surface area contributed by atoms with Crippen LogP contribution in [-0.2, 0) is 11.2 Å². The van der Waals surface area contributed by atoms with Crippen molar-refractivity contribution in [3.05, 3.63) is 53.5 Å². The molecule has 0 unspecified atom stereocenters. The number of benzene rings is 1. The molecule has 1 aliphatic rings. The molecule has 27 heavy (non-hydrogen) atoms. The number of hydrogen-bond donors (Lipinski definition) is 2. The van der Waals surface area contributed by atoms with E-state index in [-0.39, 0.29) is 23.6 Å². The maximum Gasteiger partial charge on any atom is 0.220 e. The molecule has 1 saturated carbocycles. The molecule has 1 fully saturated rings. The molecule has 0 spiro atoms. The Kier molecular flexibility index (Phi) is 6.22. The fourth-order valence-corrected chi connectivity index (χ4v) is 3.65. The van der Waals surface area contributed by atoms with Crippen molar-refractivity contribution in [2.45, 2.75) is 44.6 Å². The Morgan fingerprint density at radius 1 is 1.33 bits per heavy atom. The van der Waals surface area contributed by atoms with E-state index in [1.54, 1.807) is 24.7 Å². The lowest BCUT2D eigenvalue weighted by Gasteiger charge is -2.26. The van der Waals surface area contributed by atoms with E-state index in [0.717, 1.165) is 17.5 Å². The number of nitrogens with zero attached hydrogens (tertiary/aromatic N) is 1. The lowest BCUT2D eigenvalue weighted by atomic mass is 9.93. The van der Waals surface area contributed by atoms with Gasteiger partial charge in [0.05, 0.1) is 12.5 Å². The highest BCUT2D eigenvalue weighted by atomic mass is 16.3. The molecule has 5 nitrogen and oxygen atoms in total. The van der Waals surface area contributed by atoms with E-state index in [9.17, 15) is 9.90 Å². The van der Waals surface area contributed by atoms with Crippen molar-refractivity contribution in [1.82, 2.24) is 10.2 Å². The standard InChI is InChI=1S/C22H30N2O3/c1-15-10-20(25)7-6-17(15)11-19(24(2)3)13-23-22(26)12-21(16-4-5-16)18-8-9-27-14-18/h6-10,14,16,19,21,25H,4-5,11-13H2,1-3H3,(H,23,26)/t19-,21-/m0/s1. The summed E-state index contributed by atoms with van der Waals surface area (Å²) in [5, 5.41) is 12.7. The Morgan fingerprint density at radius 3 is 2.70 bits per heavy atom. The Morgan fingerprint density at radius 2 is 2.11 bits per heavy atom. The Bertz CT molecular complexity index is 751. The van der Waals surface area contributed by atoms with Gasteiger partial charge in [-0.25, -0.2) is 0 Å². The Balaban J connectivity index is 1.56. The van der Waals surface area contributed by atoms with Crippen LogP contribution in [0.2, 0.25) is 0 Å². The summed E-state index contributed by atoms with van der Waals surface area (Å²) in [6.45, 7) is 2.61. The summed E-state index contributed by atoms with van der Waals surface area (Å²) in [6.07, 6.45) is 7.19. The zero-order valence-corrected chi connectivity index (χ0v) is 16.4. The van der Waals surface area contributed by atoms with Gasteiger partial charge in [-0.15, -0.1) is 0 Å². The summed E-state index contributed by atoms with van der Waals surface area (Å²) in [6, 6.07) is 7.65. The summed E-state index contributed by atoms with van der Waals surface area (Å²) in [5.74, 6) is 1.26. The van der Waals surface area contributed by atoms with Crippen molar-refractivity contribution in [1.29, 1.82) is 0 Å². The number of furan rings is 1. The molecule has 0 aliphatic heterocycles. The largest absolute Gasteiger partial charge is 0.508 e. The molecule has 1 aromatic heterocycles. The molecular formula is C22H30N2O3. The second-order valence-electron chi connectivity index (χ2n) is 7.94. The lowest BCUT2D eigenvalue weighted by molar-refractivity contribution is -0.121. The number of aryl methyl sites for hydroxylation is 1. The molecule has 146 valence electrons. The van der Waals surface area contributed by atoms with Gasteiger partial charge in [-0.2, -0.15) is 0 Å². The molecule has 1 aliphatic carbocycles. The van der Waals surface area contributed by atoms with Crippen LogP contribution >= 0.6 is 0 Å². The maximum atomic E-state index is 12.6. The van der Waals surface area contributed by atoms with Crippen LogP contribution < -0.4 is 5.32 Å². The summed E-state index contributed by atoms with van der Waals surface area (Å²) in [7, 11) is 4.07. The van der Waals surface area contributed by atoms with Crippen molar-refractivity contribution < 1.29 is 14.3 Å². The second kappa shape index (κ2) is 8.61. The summed E-state index contributed by atoms with van der Waals surface area (Å²) in [4.78, 5) is 14.7. The average Bonchev–Trinajstić information content (AvgIpc) is 3.31. The van der Waals surface area contributed by atoms with Gasteiger partial charge in [-0.3, -0.25) is 4.79 Å². The van der Waals surface area contributed by atoms with E-state index in [4.69, 9.17) is 4.42 Å². The summed E-state index contributed by atoms with van der Waals surface area (Å²) >= 11 is 0. The van der Waals surface area contributed by atoms with E-state index >= 15 is 0 Å². The smallest absolute Gasteiger partial charge is 0.220 e. The number of nitrogens with one attached hydrogen (secondary N) is 1. The number of carbonyl (C=O) groups excluding carboxylic acids is 1. The molecule has 0 bridgehead atoms. The number of phenols is 1. The highest BCUT2D eigenvalue weighted by molar-refractivity contribution is 5.77. The normalized spacial score (nSPS) is 16.3. The molecule has 5 heteroatoms. The van der Waals surface area contributed by atoms with Crippen LogP contribution in [0.3, 0.4) is 0 Å². The maximum absolute atomic E-state index is 12.6. The van der Waals surface area contributed by atoms with Crippen molar-refractivity contribution >= 4 is 5.91 Å².